The number of amides is 1. The molecule has 1 heterocycles. The van der Waals surface area contributed by atoms with E-state index in [1.165, 1.54) is 4.57 Å². The first-order valence-electron chi connectivity index (χ1n) is 8.20. The molecule has 1 atom stereocenters. The van der Waals surface area contributed by atoms with Crippen molar-refractivity contribution in [2.75, 3.05) is 0 Å². The minimum Gasteiger partial charge on any atom is -0.348 e. The van der Waals surface area contributed by atoms with Crippen LogP contribution in [0.3, 0.4) is 0 Å². The molecule has 25 heavy (non-hydrogen) atoms. The SMILES string of the molecule is CCC(NC(=O)Cn1c(=O)n(C)c2ccccc21)c1ccc(Cl)cc1. The zero-order chi connectivity index (χ0) is 18.0. The Hall–Kier alpha value is -2.53. The monoisotopic (exact) mass is 357 g/mol. The topological polar surface area (TPSA) is 56.0 Å². The van der Waals surface area contributed by atoms with E-state index in [-0.39, 0.29) is 24.2 Å². The minimum atomic E-state index is -0.198. The summed E-state index contributed by atoms with van der Waals surface area (Å²) >= 11 is 5.92. The van der Waals surface area contributed by atoms with Gasteiger partial charge in [0.25, 0.3) is 0 Å². The lowest BCUT2D eigenvalue weighted by Gasteiger charge is -2.17. The average molecular weight is 358 g/mol. The van der Waals surface area contributed by atoms with Crippen molar-refractivity contribution in [3.63, 3.8) is 0 Å². The molecule has 2 aromatic carbocycles. The highest BCUT2D eigenvalue weighted by atomic mass is 35.5. The maximum Gasteiger partial charge on any atom is 0.329 e. The van der Waals surface area contributed by atoms with Gasteiger partial charge in [0, 0.05) is 12.1 Å². The van der Waals surface area contributed by atoms with E-state index in [9.17, 15) is 9.59 Å². The Morgan fingerprint density at radius 1 is 1.12 bits per heavy atom. The van der Waals surface area contributed by atoms with Gasteiger partial charge in [0.05, 0.1) is 17.1 Å². The number of rotatable bonds is 5. The summed E-state index contributed by atoms with van der Waals surface area (Å²) in [6.45, 7) is 1.99. The van der Waals surface area contributed by atoms with Gasteiger partial charge in [-0.3, -0.25) is 13.9 Å². The summed E-state index contributed by atoms with van der Waals surface area (Å²) in [7, 11) is 1.71. The second kappa shape index (κ2) is 7.15. The third-order valence-electron chi connectivity index (χ3n) is 4.37. The van der Waals surface area contributed by atoms with Crippen LogP contribution in [0.25, 0.3) is 11.0 Å². The van der Waals surface area contributed by atoms with E-state index in [0.717, 1.165) is 23.0 Å². The molecule has 0 saturated carbocycles. The first kappa shape index (κ1) is 17.3. The Bertz CT molecular complexity index is 957. The van der Waals surface area contributed by atoms with Crippen molar-refractivity contribution in [1.29, 1.82) is 0 Å². The van der Waals surface area contributed by atoms with Crippen LogP contribution < -0.4 is 11.0 Å². The largest absolute Gasteiger partial charge is 0.348 e. The Kier molecular flexibility index (Phi) is 4.95. The maximum atomic E-state index is 12.5. The summed E-state index contributed by atoms with van der Waals surface area (Å²) < 4.78 is 3.05. The second-order valence-corrected chi connectivity index (χ2v) is 6.43. The highest BCUT2D eigenvalue weighted by molar-refractivity contribution is 6.30. The van der Waals surface area contributed by atoms with Gasteiger partial charge in [-0.25, -0.2) is 4.79 Å². The molecule has 1 unspecified atom stereocenters. The third-order valence-corrected chi connectivity index (χ3v) is 4.62. The predicted octanol–water partition coefficient (Wildman–Crippen LogP) is 3.26. The Morgan fingerprint density at radius 3 is 2.40 bits per heavy atom. The van der Waals surface area contributed by atoms with E-state index in [0.29, 0.717) is 5.02 Å². The number of halogens is 1. The molecule has 0 fully saturated rings. The number of carbonyl (C=O) groups is 1. The van der Waals surface area contributed by atoms with Gasteiger partial charge in [-0.15, -0.1) is 0 Å². The van der Waals surface area contributed by atoms with Gasteiger partial charge in [-0.05, 0) is 36.2 Å². The second-order valence-electron chi connectivity index (χ2n) is 6.00. The molecule has 0 aliphatic heterocycles. The zero-order valence-electron chi connectivity index (χ0n) is 14.2. The van der Waals surface area contributed by atoms with E-state index < -0.39 is 0 Å². The molecule has 0 aliphatic carbocycles. The van der Waals surface area contributed by atoms with Crippen molar-refractivity contribution < 1.29 is 4.79 Å². The van der Waals surface area contributed by atoms with E-state index >= 15 is 0 Å². The average Bonchev–Trinajstić information content (AvgIpc) is 2.86. The fraction of sp³-hybridized carbons (Fsp3) is 0.263. The molecule has 0 bridgehead atoms. The lowest BCUT2D eigenvalue weighted by Crippen LogP contribution is -2.34. The Morgan fingerprint density at radius 2 is 1.76 bits per heavy atom. The maximum absolute atomic E-state index is 12.5. The molecule has 0 aliphatic rings. The van der Waals surface area contributed by atoms with Gasteiger partial charge in [0.2, 0.25) is 5.91 Å². The Balaban J connectivity index is 1.82. The van der Waals surface area contributed by atoms with E-state index in [1.54, 1.807) is 23.7 Å². The molecular weight excluding hydrogens is 338 g/mol. The molecule has 3 rings (SSSR count). The number of aromatic nitrogens is 2. The molecule has 0 spiro atoms. The summed E-state index contributed by atoms with van der Waals surface area (Å²) in [5.41, 5.74) is 2.36. The molecule has 0 radical (unpaired) electrons. The number of nitrogens with one attached hydrogen (secondary N) is 1. The van der Waals surface area contributed by atoms with E-state index in [2.05, 4.69) is 5.32 Å². The number of benzene rings is 2. The fourth-order valence-corrected chi connectivity index (χ4v) is 3.14. The molecular formula is C19H20ClN3O2. The summed E-state index contributed by atoms with van der Waals surface area (Å²) in [5, 5.41) is 3.66. The molecule has 6 heteroatoms. The van der Waals surface area contributed by atoms with Gasteiger partial charge in [0.15, 0.2) is 0 Å². The molecule has 1 N–H and O–H groups in total. The summed E-state index contributed by atoms with van der Waals surface area (Å²) in [5.74, 6) is -0.194. The Labute approximate surface area is 150 Å². The smallest absolute Gasteiger partial charge is 0.329 e. The predicted molar refractivity (Wildman–Crippen MR) is 99.8 cm³/mol. The van der Waals surface area contributed by atoms with Gasteiger partial charge in [-0.2, -0.15) is 0 Å². The lowest BCUT2D eigenvalue weighted by molar-refractivity contribution is -0.122. The van der Waals surface area contributed by atoms with Gasteiger partial charge < -0.3 is 5.32 Å². The number of hydrogen-bond donors (Lipinski definition) is 1. The van der Waals surface area contributed by atoms with Crippen LogP contribution >= 0.6 is 11.6 Å². The molecule has 1 amide bonds. The third kappa shape index (κ3) is 3.46. The fourth-order valence-electron chi connectivity index (χ4n) is 3.02. The molecule has 3 aromatic rings. The van der Waals surface area contributed by atoms with E-state index in [4.69, 9.17) is 11.6 Å². The van der Waals surface area contributed by atoms with E-state index in [1.807, 2.05) is 43.3 Å². The van der Waals surface area contributed by atoms with Crippen LogP contribution in [0.15, 0.2) is 53.3 Å². The van der Waals surface area contributed by atoms with Crippen LogP contribution in [0.5, 0.6) is 0 Å². The van der Waals surface area contributed by atoms with Crippen LogP contribution in [0.4, 0.5) is 0 Å². The molecule has 0 saturated heterocycles. The lowest BCUT2D eigenvalue weighted by atomic mass is 10.0. The van der Waals surface area contributed by atoms with Gasteiger partial charge >= 0.3 is 5.69 Å². The van der Waals surface area contributed by atoms with Crippen molar-refractivity contribution in [3.8, 4) is 0 Å². The first-order valence-corrected chi connectivity index (χ1v) is 8.58. The number of nitrogens with zero attached hydrogens (tertiary/aromatic N) is 2. The summed E-state index contributed by atoms with van der Waals surface area (Å²) in [6.07, 6.45) is 0.748. The van der Waals surface area contributed by atoms with Crippen molar-refractivity contribution in [2.45, 2.75) is 25.9 Å². The summed E-state index contributed by atoms with van der Waals surface area (Å²) in [6, 6.07) is 14.8. The standard InChI is InChI=1S/C19H20ClN3O2/c1-3-15(13-8-10-14(20)11-9-13)21-18(24)12-23-17-7-5-4-6-16(17)22(2)19(23)25/h4-11,15H,3,12H2,1-2H3,(H,21,24). The number of fused-ring (bicyclic) bond motifs is 1. The number of aryl methyl sites for hydroxylation is 1. The van der Waals surface area contributed by atoms with Crippen LogP contribution in [0, 0.1) is 0 Å². The van der Waals surface area contributed by atoms with Crippen molar-refractivity contribution in [2.24, 2.45) is 7.05 Å². The molecule has 130 valence electrons. The van der Waals surface area contributed by atoms with Gasteiger partial charge in [-0.1, -0.05) is 42.8 Å². The number of imidazole rings is 1. The first-order chi connectivity index (χ1) is 12.0. The van der Waals surface area contributed by atoms with Crippen molar-refractivity contribution in [1.82, 2.24) is 14.5 Å². The van der Waals surface area contributed by atoms with Gasteiger partial charge in [0.1, 0.15) is 6.54 Å². The molecule has 1 aromatic heterocycles. The minimum absolute atomic E-state index is 0.00965. The van der Waals surface area contributed by atoms with Crippen LogP contribution in [0.2, 0.25) is 5.02 Å². The summed E-state index contributed by atoms with van der Waals surface area (Å²) in [4.78, 5) is 24.9. The zero-order valence-corrected chi connectivity index (χ0v) is 15.0. The number of carbonyl (C=O) groups excluding carboxylic acids is 1. The van der Waals surface area contributed by atoms with Crippen LogP contribution in [0.1, 0.15) is 24.9 Å². The van der Waals surface area contributed by atoms with Crippen molar-refractivity contribution >= 4 is 28.5 Å². The van der Waals surface area contributed by atoms with Crippen LogP contribution in [-0.2, 0) is 18.4 Å². The highest BCUT2D eigenvalue weighted by Crippen LogP contribution is 2.19. The number of hydrogen-bond acceptors (Lipinski definition) is 2. The van der Waals surface area contributed by atoms with Crippen LogP contribution in [-0.4, -0.2) is 15.0 Å². The highest BCUT2D eigenvalue weighted by Gasteiger charge is 2.16. The van der Waals surface area contributed by atoms with Crippen molar-refractivity contribution in [3.05, 3.63) is 69.6 Å². The quantitative estimate of drug-likeness (QED) is 0.762. The number of para-hydroxylation sites is 2. The normalized spacial score (nSPS) is 12.3. The molecule has 5 nitrogen and oxygen atoms in total.